The lowest BCUT2D eigenvalue weighted by Crippen LogP contribution is -2.44. The van der Waals surface area contributed by atoms with Crippen LogP contribution >= 0.6 is 0 Å². The average Bonchev–Trinajstić information content (AvgIpc) is 3.25. The average molecular weight is 867 g/mol. The molecule has 0 fully saturated rings. The van der Waals surface area contributed by atoms with Gasteiger partial charge in [0.05, 0.1) is 82.2 Å². The third-order valence-corrected chi connectivity index (χ3v) is 7.75. The molecule has 326 valence electrons. The van der Waals surface area contributed by atoms with Gasteiger partial charge in [0, 0.05) is 37.4 Å². The second-order valence-corrected chi connectivity index (χ2v) is 12.4. The predicted octanol–water partition coefficient (Wildman–Crippen LogP) is -2.12. The normalized spacial score (nSPS) is 10.2. The molecule has 0 bridgehead atoms. The molecule has 0 saturated carbocycles. The van der Waals surface area contributed by atoms with Crippen LogP contribution in [0.1, 0.15) is 31.8 Å². The Labute approximate surface area is 346 Å². The molecule has 3 rings (SSSR count). The molecule has 0 aliphatic heterocycles. The van der Waals surface area contributed by atoms with Crippen molar-refractivity contribution in [1.82, 2.24) is 42.5 Å². The van der Waals surface area contributed by atoms with Crippen LogP contribution in [0.3, 0.4) is 0 Å². The Kier molecular flexibility index (Phi) is 17.4. The lowest BCUT2D eigenvalue weighted by molar-refractivity contribution is -0.394. The molecule has 0 aromatic heterocycles. The number of benzene rings is 3. The fourth-order valence-corrected chi connectivity index (χ4v) is 4.74. The zero-order valence-electron chi connectivity index (χ0n) is 31.8. The maximum atomic E-state index is 12.3. The molecule has 62 heavy (non-hydrogen) atoms. The highest BCUT2D eigenvalue weighted by Crippen LogP contribution is 2.23. The number of non-ortho nitro benzene ring substituents is 4. The van der Waals surface area contributed by atoms with Crippen LogP contribution in [0, 0.1) is 40.5 Å². The van der Waals surface area contributed by atoms with Gasteiger partial charge >= 0.3 is 0 Å². The van der Waals surface area contributed by atoms with Gasteiger partial charge in [0.2, 0.25) is 35.4 Å². The van der Waals surface area contributed by atoms with Crippen molar-refractivity contribution in [3.8, 4) is 0 Å². The van der Waals surface area contributed by atoms with E-state index in [9.17, 15) is 78.8 Å². The largest absolute Gasteiger partial charge is 0.350 e. The van der Waals surface area contributed by atoms with Crippen LogP contribution in [0.25, 0.3) is 0 Å². The summed E-state index contributed by atoms with van der Waals surface area (Å²) in [5, 5.41) is 62.3. The zero-order chi connectivity index (χ0) is 45.9. The standard InChI is InChI=1S/C34H34N12O16/c47-27(13-37-29(49)15-39-31(51)17-41-33(53)21-5-23(43(55)56)9-24(6-21)44(57)58)35-11-19-2-1-3-20(4-19)12-36-28(48)14-38-30(50)16-40-32(52)18-42-34(54)22-7-25(45(59)60)10-26(8-22)46(61)62/h1-10H,11-18H2,(H,35,47)(H,36,48)(H,37,49)(H,38,50)(H,39,51)(H,40,52)(H,41,53)(H,42,54). The summed E-state index contributed by atoms with van der Waals surface area (Å²) < 4.78 is 0. The van der Waals surface area contributed by atoms with E-state index in [0.717, 1.165) is 24.3 Å². The number of nitrogens with zero attached hydrogens (tertiary/aromatic N) is 4. The lowest BCUT2D eigenvalue weighted by atomic mass is 10.1. The van der Waals surface area contributed by atoms with E-state index in [2.05, 4.69) is 42.5 Å². The first-order valence-corrected chi connectivity index (χ1v) is 17.4. The van der Waals surface area contributed by atoms with Gasteiger partial charge in [-0.25, -0.2) is 0 Å². The number of rotatable bonds is 22. The molecular weight excluding hydrogens is 832 g/mol. The summed E-state index contributed by atoms with van der Waals surface area (Å²) in [6, 6.07) is 11.1. The minimum atomic E-state index is -1.03. The third kappa shape index (κ3) is 16.1. The second kappa shape index (κ2) is 22.8. The lowest BCUT2D eigenvalue weighted by Gasteiger charge is -2.10. The first-order valence-electron chi connectivity index (χ1n) is 17.4. The number of nitrogens with one attached hydrogen (secondary N) is 8. The topological polar surface area (TPSA) is 405 Å². The number of amides is 8. The summed E-state index contributed by atoms with van der Waals surface area (Å²) in [5.74, 6) is -6.51. The predicted molar refractivity (Wildman–Crippen MR) is 206 cm³/mol. The van der Waals surface area contributed by atoms with Crippen LogP contribution < -0.4 is 42.5 Å². The van der Waals surface area contributed by atoms with Crippen LogP contribution in [-0.2, 0) is 41.9 Å². The van der Waals surface area contributed by atoms with Crippen molar-refractivity contribution >= 4 is 70.0 Å². The Morgan fingerprint density at radius 1 is 0.371 bits per heavy atom. The van der Waals surface area contributed by atoms with E-state index in [1.54, 1.807) is 24.3 Å². The van der Waals surface area contributed by atoms with Gasteiger partial charge < -0.3 is 42.5 Å². The first kappa shape index (κ1) is 47.4. The fraction of sp³-hybridized carbons (Fsp3) is 0.235. The van der Waals surface area contributed by atoms with Crippen LogP contribution in [0.5, 0.6) is 0 Å². The highest BCUT2D eigenvalue weighted by Gasteiger charge is 2.22. The van der Waals surface area contributed by atoms with Crippen LogP contribution in [-0.4, -0.2) is 106 Å². The minimum absolute atomic E-state index is 0.0173. The molecule has 8 amide bonds. The molecule has 28 nitrogen and oxygen atoms in total. The van der Waals surface area contributed by atoms with Gasteiger partial charge in [0.1, 0.15) is 0 Å². The molecule has 3 aromatic carbocycles. The summed E-state index contributed by atoms with van der Waals surface area (Å²) in [7, 11) is 0. The van der Waals surface area contributed by atoms with Crippen molar-refractivity contribution in [2.75, 3.05) is 39.3 Å². The number of carbonyl (C=O) groups excluding carboxylic acids is 8. The maximum absolute atomic E-state index is 12.3. The van der Waals surface area contributed by atoms with Crippen molar-refractivity contribution in [2.24, 2.45) is 0 Å². The van der Waals surface area contributed by atoms with Crippen LogP contribution in [0.2, 0.25) is 0 Å². The Bertz CT molecular complexity index is 2100. The number of hydrogen-bond acceptors (Lipinski definition) is 16. The minimum Gasteiger partial charge on any atom is -0.350 e. The SMILES string of the molecule is O=C(CNC(=O)CNC(=O)c1cc([N+](=O)[O-])cc([N+](=O)[O-])c1)NCC(=O)NCc1cccc(CNC(=O)CNC(=O)CNC(=O)CNC(=O)c2cc([N+](=O)[O-])cc([N+](=O)[O-])c2)c1. The monoisotopic (exact) mass is 866 g/mol. The van der Waals surface area contributed by atoms with Gasteiger partial charge in [0.15, 0.2) is 0 Å². The number of nitro benzene ring substituents is 4. The van der Waals surface area contributed by atoms with E-state index < -0.39 is 140 Å². The summed E-state index contributed by atoms with van der Waals surface area (Å²) in [6.45, 7) is -3.48. The fourth-order valence-electron chi connectivity index (χ4n) is 4.74. The smallest absolute Gasteiger partial charge is 0.277 e. The highest BCUT2D eigenvalue weighted by atomic mass is 16.6. The maximum Gasteiger partial charge on any atom is 0.277 e. The number of carbonyl (C=O) groups is 8. The molecule has 0 aliphatic carbocycles. The Balaban J connectivity index is 1.29. The van der Waals surface area contributed by atoms with E-state index in [0.29, 0.717) is 23.3 Å². The molecule has 28 heteroatoms. The van der Waals surface area contributed by atoms with E-state index >= 15 is 0 Å². The zero-order valence-corrected chi connectivity index (χ0v) is 31.8. The molecule has 0 unspecified atom stereocenters. The Morgan fingerprint density at radius 3 is 0.903 bits per heavy atom. The molecule has 0 atom stereocenters. The quantitative estimate of drug-likeness (QED) is 0.0395. The molecule has 0 spiro atoms. The van der Waals surface area contributed by atoms with Gasteiger partial charge in [-0.05, 0) is 11.1 Å². The van der Waals surface area contributed by atoms with Gasteiger partial charge in [-0.2, -0.15) is 0 Å². The highest BCUT2D eigenvalue weighted by molar-refractivity contribution is 5.99. The summed E-state index contributed by atoms with van der Waals surface area (Å²) in [6.07, 6.45) is 0. The number of nitro groups is 4. The summed E-state index contributed by atoms with van der Waals surface area (Å²) in [4.78, 5) is 138. The van der Waals surface area contributed by atoms with Gasteiger partial charge in [-0.15, -0.1) is 0 Å². The Morgan fingerprint density at radius 2 is 0.629 bits per heavy atom. The molecule has 3 aromatic rings. The van der Waals surface area contributed by atoms with Crippen molar-refractivity contribution in [2.45, 2.75) is 13.1 Å². The summed E-state index contributed by atoms with van der Waals surface area (Å²) in [5.41, 5.74) is -2.53. The number of hydrogen-bond donors (Lipinski definition) is 8. The molecule has 8 N–H and O–H groups in total. The Hall–Kier alpha value is -8.98. The van der Waals surface area contributed by atoms with E-state index in [4.69, 9.17) is 0 Å². The van der Waals surface area contributed by atoms with Crippen LogP contribution in [0.15, 0.2) is 60.7 Å². The van der Waals surface area contributed by atoms with E-state index in [1.807, 2.05) is 0 Å². The van der Waals surface area contributed by atoms with E-state index in [1.165, 1.54) is 0 Å². The van der Waals surface area contributed by atoms with Crippen molar-refractivity contribution in [3.63, 3.8) is 0 Å². The van der Waals surface area contributed by atoms with Crippen molar-refractivity contribution in [3.05, 3.63) is 123 Å². The van der Waals surface area contributed by atoms with Crippen molar-refractivity contribution in [1.29, 1.82) is 0 Å². The molecule has 0 radical (unpaired) electrons. The molecule has 0 heterocycles. The second-order valence-electron chi connectivity index (χ2n) is 12.4. The van der Waals surface area contributed by atoms with Gasteiger partial charge in [-0.3, -0.25) is 78.8 Å². The molecule has 0 aliphatic rings. The first-order chi connectivity index (χ1) is 29.3. The summed E-state index contributed by atoms with van der Waals surface area (Å²) >= 11 is 0. The molecular formula is C34H34N12O16. The molecule has 0 saturated heterocycles. The van der Waals surface area contributed by atoms with Crippen LogP contribution in [0.4, 0.5) is 22.7 Å². The third-order valence-electron chi connectivity index (χ3n) is 7.75. The van der Waals surface area contributed by atoms with E-state index in [-0.39, 0.29) is 13.1 Å². The van der Waals surface area contributed by atoms with Gasteiger partial charge in [-0.1, -0.05) is 24.3 Å². The van der Waals surface area contributed by atoms with Gasteiger partial charge in [0.25, 0.3) is 34.6 Å². The van der Waals surface area contributed by atoms with Crippen molar-refractivity contribution < 1.29 is 58.0 Å².